The van der Waals surface area contributed by atoms with Gasteiger partial charge in [0.15, 0.2) is 5.12 Å². The number of carbonyl (C=O) groups excluding carboxylic acids is 1. The average molecular weight is 246 g/mol. The highest BCUT2D eigenvalue weighted by Gasteiger charge is 2.06. The molecule has 0 saturated carbocycles. The molecule has 86 valence electrons. The molecule has 0 radical (unpaired) electrons. The SMILES string of the molecule is CC(=O)SCC#Cc1c[nH]c2ncnc(N)c12. The standard InChI is InChI=1S/C11H10N4OS/c1-7(16)17-4-2-3-8-5-13-11-9(8)10(12)14-6-15-11/h5-6H,4H2,1H3,(H3,12,13,14,15). The lowest BCUT2D eigenvalue weighted by molar-refractivity contribution is -0.109. The molecule has 0 fully saturated rings. The van der Waals surface area contributed by atoms with E-state index in [4.69, 9.17) is 5.73 Å². The van der Waals surface area contributed by atoms with E-state index in [9.17, 15) is 4.79 Å². The molecule has 2 aromatic heterocycles. The number of H-pyrrole nitrogens is 1. The Balaban J connectivity index is 2.27. The number of nitrogens with zero attached hydrogens (tertiary/aromatic N) is 2. The maximum absolute atomic E-state index is 10.7. The minimum absolute atomic E-state index is 0.0565. The first-order chi connectivity index (χ1) is 8.18. The summed E-state index contributed by atoms with van der Waals surface area (Å²) in [7, 11) is 0. The van der Waals surface area contributed by atoms with Crippen LogP contribution in [0.2, 0.25) is 0 Å². The summed E-state index contributed by atoms with van der Waals surface area (Å²) >= 11 is 1.18. The first-order valence-electron chi connectivity index (χ1n) is 4.88. The van der Waals surface area contributed by atoms with Gasteiger partial charge in [-0.05, 0) is 0 Å². The van der Waals surface area contributed by atoms with Gasteiger partial charge in [0, 0.05) is 13.1 Å². The van der Waals surface area contributed by atoms with E-state index in [0.29, 0.717) is 17.2 Å². The summed E-state index contributed by atoms with van der Waals surface area (Å²) in [5, 5.41) is 0.786. The molecule has 0 unspecified atom stereocenters. The molecule has 2 aromatic rings. The van der Waals surface area contributed by atoms with Gasteiger partial charge < -0.3 is 10.7 Å². The van der Waals surface area contributed by atoms with E-state index in [-0.39, 0.29) is 5.12 Å². The molecule has 5 nitrogen and oxygen atoms in total. The van der Waals surface area contributed by atoms with Crippen molar-refractivity contribution >= 4 is 33.7 Å². The van der Waals surface area contributed by atoms with Crippen molar-refractivity contribution in [2.24, 2.45) is 0 Å². The molecule has 0 spiro atoms. The van der Waals surface area contributed by atoms with Gasteiger partial charge >= 0.3 is 0 Å². The van der Waals surface area contributed by atoms with Crippen LogP contribution in [-0.2, 0) is 4.79 Å². The summed E-state index contributed by atoms with van der Waals surface area (Å²) in [4.78, 5) is 21.7. The van der Waals surface area contributed by atoms with E-state index in [1.54, 1.807) is 6.20 Å². The average Bonchev–Trinajstić information content (AvgIpc) is 2.69. The molecule has 0 aliphatic heterocycles. The van der Waals surface area contributed by atoms with E-state index in [1.807, 2.05) is 0 Å². The minimum atomic E-state index is 0.0565. The van der Waals surface area contributed by atoms with Gasteiger partial charge in [-0.3, -0.25) is 4.79 Å². The van der Waals surface area contributed by atoms with Crippen LogP contribution in [0.3, 0.4) is 0 Å². The summed E-state index contributed by atoms with van der Waals surface area (Å²) in [6.07, 6.45) is 3.14. The third-order valence-electron chi connectivity index (χ3n) is 2.07. The van der Waals surface area contributed by atoms with E-state index in [0.717, 1.165) is 10.9 Å². The van der Waals surface area contributed by atoms with Crippen molar-refractivity contribution in [1.29, 1.82) is 0 Å². The van der Waals surface area contributed by atoms with E-state index in [2.05, 4.69) is 26.8 Å². The lowest BCUT2D eigenvalue weighted by Crippen LogP contribution is -1.92. The van der Waals surface area contributed by atoms with Gasteiger partial charge in [-0.1, -0.05) is 23.6 Å². The van der Waals surface area contributed by atoms with Crippen LogP contribution in [0.25, 0.3) is 11.0 Å². The topological polar surface area (TPSA) is 84.7 Å². The summed E-state index contributed by atoms with van der Waals surface area (Å²) in [6.45, 7) is 1.52. The lowest BCUT2D eigenvalue weighted by Gasteiger charge is -1.93. The molecule has 17 heavy (non-hydrogen) atoms. The van der Waals surface area contributed by atoms with Crippen LogP contribution in [0, 0.1) is 11.8 Å². The zero-order valence-electron chi connectivity index (χ0n) is 9.15. The fourth-order valence-corrected chi connectivity index (χ4v) is 1.70. The Morgan fingerprint density at radius 2 is 2.41 bits per heavy atom. The van der Waals surface area contributed by atoms with Crippen molar-refractivity contribution in [1.82, 2.24) is 15.0 Å². The van der Waals surface area contributed by atoms with Crippen LogP contribution < -0.4 is 5.73 Å². The molecule has 3 N–H and O–H groups in total. The van der Waals surface area contributed by atoms with E-state index < -0.39 is 0 Å². The van der Waals surface area contributed by atoms with Crippen molar-refractivity contribution in [3.63, 3.8) is 0 Å². The molecule has 0 aliphatic rings. The number of anilines is 1. The molecular formula is C11H10N4OS. The Hall–Kier alpha value is -2.00. The zero-order valence-corrected chi connectivity index (χ0v) is 9.97. The number of hydrogen-bond donors (Lipinski definition) is 2. The number of nitrogen functional groups attached to an aromatic ring is 1. The van der Waals surface area contributed by atoms with Gasteiger partial charge in [-0.25, -0.2) is 9.97 Å². The molecule has 0 atom stereocenters. The largest absolute Gasteiger partial charge is 0.383 e. The van der Waals surface area contributed by atoms with Gasteiger partial charge in [-0.2, -0.15) is 0 Å². The summed E-state index contributed by atoms with van der Waals surface area (Å²) < 4.78 is 0. The third-order valence-corrected chi connectivity index (χ3v) is 2.77. The maximum Gasteiger partial charge on any atom is 0.186 e. The quantitative estimate of drug-likeness (QED) is 0.738. The Bertz CT molecular complexity index is 623. The molecule has 0 aliphatic carbocycles. The first kappa shape index (κ1) is 11.5. The number of nitrogens with one attached hydrogen (secondary N) is 1. The van der Waals surface area contributed by atoms with E-state index in [1.165, 1.54) is 25.0 Å². The molecule has 2 heterocycles. The fraction of sp³-hybridized carbons (Fsp3) is 0.182. The highest BCUT2D eigenvalue weighted by molar-refractivity contribution is 8.13. The fourth-order valence-electron chi connectivity index (χ4n) is 1.35. The minimum Gasteiger partial charge on any atom is -0.383 e. The Labute approximate surface area is 102 Å². The van der Waals surface area contributed by atoms with Crippen LogP contribution >= 0.6 is 11.8 Å². The molecular weight excluding hydrogens is 236 g/mol. The first-order valence-corrected chi connectivity index (χ1v) is 5.87. The van der Waals surface area contributed by atoms with Crippen LogP contribution in [0.15, 0.2) is 12.5 Å². The third kappa shape index (κ3) is 2.57. The monoisotopic (exact) mass is 246 g/mol. The molecule has 0 aromatic carbocycles. The van der Waals surface area contributed by atoms with Gasteiger partial charge in [0.25, 0.3) is 0 Å². The summed E-state index contributed by atoms with van der Waals surface area (Å²) in [5.74, 6) is 6.72. The van der Waals surface area contributed by atoms with Gasteiger partial charge in [0.05, 0.1) is 16.7 Å². The van der Waals surface area contributed by atoms with E-state index >= 15 is 0 Å². The van der Waals surface area contributed by atoms with Crippen LogP contribution in [0.5, 0.6) is 0 Å². The highest BCUT2D eigenvalue weighted by atomic mass is 32.2. The number of rotatable bonds is 1. The second-order valence-electron chi connectivity index (χ2n) is 3.27. The smallest absolute Gasteiger partial charge is 0.186 e. The van der Waals surface area contributed by atoms with Gasteiger partial charge in [0.2, 0.25) is 0 Å². The van der Waals surface area contributed by atoms with Crippen molar-refractivity contribution in [2.45, 2.75) is 6.92 Å². The number of nitrogens with two attached hydrogens (primary N) is 1. The second kappa shape index (κ2) is 4.89. The van der Waals surface area contributed by atoms with Crippen LogP contribution in [-0.4, -0.2) is 25.8 Å². The summed E-state index contributed by atoms with van der Waals surface area (Å²) in [6, 6.07) is 0. The second-order valence-corrected chi connectivity index (χ2v) is 4.42. The van der Waals surface area contributed by atoms with Crippen molar-refractivity contribution < 1.29 is 4.79 Å². The van der Waals surface area contributed by atoms with Crippen LogP contribution in [0.4, 0.5) is 5.82 Å². The molecule has 0 saturated heterocycles. The number of carbonyl (C=O) groups is 1. The predicted octanol–water partition coefficient (Wildman–Crippen LogP) is 1.17. The van der Waals surface area contributed by atoms with Gasteiger partial charge in [-0.15, -0.1) is 0 Å². The van der Waals surface area contributed by atoms with Crippen LogP contribution in [0.1, 0.15) is 12.5 Å². The molecule has 0 bridgehead atoms. The molecule has 6 heteroatoms. The molecule has 0 amide bonds. The number of aromatic amines is 1. The normalized spacial score (nSPS) is 9.94. The van der Waals surface area contributed by atoms with Gasteiger partial charge in [0.1, 0.15) is 17.8 Å². The maximum atomic E-state index is 10.7. The Morgan fingerprint density at radius 1 is 1.59 bits per heavy atom. The number of thioether (sulfide) groups is 1. The predicted molar refractivity (Wildman–Crippen MR) is 68.3 cm³/mol. The molecule has 2 rings (SSSR count). The highest BCUT2D eigenvalue weighted by Crippen LogP contribution is 2.19. The Kier molecular flexibility index (Phi) is 3.30. The lowest BCUT2D eigenvalue weighted by atomic mass is 10.2. The Morgan fingerprint density at radius 3 is 3.18 bits per heavy atom. The van der Waals surface area contributed by atoms with Crippen molar-refractivity contribution in [3.05, 3.63) is 18.1 Å². The van der Waals surface area contributed by atoms with Crippen molar-refractivity contribution in [2.75, 3.05) is 11.5 Å². The number of hydrogen-bond acceptors (Lipinski definition) is 5. The summed E-state index contributed by atoms with van der Waals surface area (Å²) in [5.41, 5.74) is 7.18. The number of aromatic nitrogens is 3. The zero-order chi connectivity index (χ0) is 12.3. The van der Waals surface area contributed by atoms with Crippen molar-refractivity contribution in [3.8, 4) is 11.8 Å². The number of fused-ring (bicyclic) bond motifs is 1.